The maximum Gasteiger partial charge on any atom is 0.332 e. The minimum absolute atomic E-state index is 0.149. The first-order valence-electron chi connectivity index (χ1n) is 9.85. The Morgan fingerprint density at radius 2 is 1.78 bits per heavy atom. The molecule has 0 aliphatic rings. The molecule has 0 aliphatic carbocycles. The first-order chi connectivity index (χ1) is 15.3. The lowest BCUT2D eigenvalue weighted by atomic mass is 10.1. The highest BCUT2D eigenvalue weighted by Crippen LogP contribution is 2.25. The molecule has 4 rings (SSSR count). The van der Waals surface area contributed by atoms with E-state index < -0.39 is 17.4 Å². The number of halogens is 2. The average Bonchev–Trinajstić information content (AvgIpc) is 3.15. The molecule has 10 heteroatoms. The van der Waals surface area contributed by atoms with Crippen molar-refractivity contribution < 1.29 is 5.11 Å². The lowest BCUT2D eigenvalue weighted by Gasteiger charge is -2.15. The second-order valence-corrected chi connectivity index (χ2v) is 8.29. The molecule has 0 bridgehead atoms. The quantitative estimate of drug-likeness (QED) is 0.448. The summed E-state index contributed by atoms with van der Waals surface area (Å²) in [5.74, 6) is 0.333. The zero-order chi connectivity index (χ0) is 23.0. The Balaban J connectivity index is 1.81. The summed E-state index contributed by atoms with van der Waals surface area (Å²) in [7, 11) is 2.97. The first kappa shape index (κ1) is 22.1. The van der Waals surface area contributed by atoms with Crippen LogP contribution >= 0.6 is 23.2 Å². The molecule has 0 aliphatic heterocycles. The number of fused-ring (bicyclic) bond motifs is 1. The summed E-state index contributed by atoms with van der Waals surface area (Å²) in [6.45, 7) is 0.361. The number of nitrogens with zero attached hydrogens (tertiary/aromatic N) is 4. The number of hydrogen-bond acceptors (Lipinski definition) is 5. The Morgan fingerprint density at radius 1 is 1.06 bits per heavy atom. The number of aromatic nitrogens is 4. The van der Waals surface area contributed by atoms with E-state index >= 15 is 0 Å². The van der Waals surface area contributed by atoms with Gasteiger partial charge in [-0.05, 0) is 23.3 Å². The molecule has 2 aromatic heterocycles. The van der Waals surface area contributed by atoms with Gasteiger partial charge in [-0.3, -0.25) is 18.5 Å². The smallest absolute Gasteiger partial charge is 0.332 e. The second-order valence-electron chi connectivity index (χ2n) is 7.44. The minimum atomic E-state index is -0.796. The van der Waals surface area contributed by atoms with Crippen molar-refractivity contribution in [3.63, 3.8) is 0 Å². The number of aliphatic hydroxyl groups is 1. The Bertz CT molecular complexity index is 1410. The van der Waals surface area contributed by atoms with Gasteiger partial charge in [-0.15, -0.1) is 0 Å². The fourth-order valence-corrected chi connectivity index (χ4v) is 4.00. The number of hydrogen-bond donors (Lipinski definition) is 2. The van der Waals surface area contributed by atoms with E-state index in [4.69, 9.17) is 23.2 Å². The summed E-state index contributed by atoms with van der Waals surface area (Å²) in [6.07, 6.45) is -0.796. The number of benzene rings is 2. The number of anilines is 1. The third-order valence-electron chi connectivity index (χ3n) is 5.33. The monoisotopic (exact) mass is 473 g/mol. The van der Waals surface area contributed by atoms with Crippen LogP contribution < -0.4 is 16.6 Å². The molecule has 0 spiro atoms. The van der Waals surface area contributed by atoms with Gasteiger partial charge in [-0.1, -0.05) is 59.6 Å². The van der Waals surface area contributed by atoms with Crippen molar-refractivity contribution in [3.05, 3.63) is 90.5 Å². The van der Waals surface area contributed by atoms with Gasteiger partial charge in [0.25, 0.3) is 5.56 Å². The summed E-state index contributed by atoms with van der Waals surface area (Å²) < 4.78 is 4.01. The molecule has 32 heavy (non-hydrogen) atoms. The molecule has 2 heterocycles. The number of aliphatic hydroxyl groups excluding tert-OH is 1. The van der Waals surface area contributed by atoms with E-state index in [-0.39, 0.29) is 24.3 Å². The van der Waals surface area contributed by atoms with Crippen molar-refractivity contribution in [2.75, 3.05) is 11.9 Å². The highest BCUT2D eigenvalue weighted by Gasteiger charge is 2.20. The van der Waals surface area contributed by atoms with E-state index in [9.17, 15) is 14.7 Å². The van der Waals surface area contributed by atoms with E-state index in [1.54, 1.807) is 29.8 Å². The topological polar surface area (TPSA) is 94.1 Å². The number of aryl methyl sites for hydroxylation is 1. The SMILES string of the molecule is Cn1c(=O)c2c(nc(NC[C@@H](O)c3ccccc3)n2Cc2ccc(Cl)cc2Cl)n(C)c1=O. The van der Waals surface area contributed by atoms with Crippen LogP contribution in [0.5, 0.6) is 0 Å². The molecular weight excluding hydrogens is 453 g/mol. The zero-order valence-corrected chi connectivity index (χ0v) is 18.9. The normalized spacial score (nSPS) is 12.3. The number of imidazole rings is 1. The third kappa shape index (κ3) is 4.04. The van der Waals surface area contributed by atoms with E-state index in [2.05, 4.69) is 10.3 Å². The summed E-state index contributed by atoms with van der Waals surface area (Å²) >= 11 is 12.4. The van der Waals surface area contributed by atoms with Crippen LogP contribution in [0.25, 0.3) is 11.2 Å². The highest BCUT2D eigenvalue weighted by atomic mass is 35.5. The van der Waals surface area contributed by atoms with Crippen molar-refractivity contribution in [1.82, 2.24) is 18.7 Å². The summed E-state index contributed by atoms with van der Waals surface area (Å²) in [4.78, 5) is 29.9. The molecule has 8 nitrogen and oxygen atoms in total. The first-order valence-corrected chi connectivity index (χ1v) is 10.6. The fourth-order valence-electron chi connectivity index (χ4n) is 3.54. The van der Waals surface area contributed by atoms with Gasteiger partial charge in [-0.2, -0.15) is 4.98 Å². The van der Waals surface area contributed by atoms with Gasteiger partial charge >= 0.3 is 5.69 Å². The van der Waals surface area contributed by atoms with Gasteiger partial charge in [0.2, 0.25) is 5.95 Å². The molecule has 166 valence electrons. The Hall–Kier alpha value is -3.07. The number of nitrogens with one attached hydrogen (secondary N) is 1. The van der Waals surface area contributed by atoms with Gasteiger partial charge in [0, 0.05) is 30.7 Å². The van der Waals surface area contributed by atoms with Gasteiger partial charge in [0.05, 0.1) is 12.6 Å². The molecule has 1 atom stereocenters. The van der Waals surface area contributed by atoms with Gasteiger partial charge in [-0.25, -0.2) is 4.79 Å². The van der Waals surface area contributed by atoms with Crippen LogP contribution in [0.15, 0.2) is 58.1 Å². The van der Waals surface area contributed by atoms with Crippen LogP contribution in [-0.2, 0) is 20.6 Å². The van der Waals surface area contributed by atoms with E-state index in [0.717, 1.165) is 15.7 Å². The fraction of sp³-hybridized carbons (Fsp3) is 0.227. The standard InChI is InChI=1S/C22H21Cl2N5O3/c1-27-19-18(20(31)28(2)22(27)32)29(12-14-8-9-15(23)10-16(14)24)21(26-19)25-11-17(30)13-6-4-3-5-7-13/h3-10,17,30H,11-12H2,1-2H3,(H,25,26)/t17-/m1/s1. The summed E-state index contributed by atoms with van der Waals surface area (Å²) in [5, 5.41) is 14.6. The third-order valence-corrected chi connectivity index (χ3v) is 5.92. The molecular formula is C22H21Cl2N5O3. The van der Waals surface area contributed by atoms with Crippen LogP contribution in [0.2, 0.25) is 10.0 Å². The van der Waals surface area contributed by atoms with Crippen molar-refractivity contribution in [1.29, 1.82) is 0 Å². The van der Waals surface area contributed by atoms with Crippen LogP contribution in [0, 0.1) is 0 Å². The predicted octanol–water partition coefficient (Wildman–Crippen LogP) is 2.93. The highest BCUT2D eigenvalue weighted by molar-refractivity contribution is 6.35. The lowest BCUT2D eigenvalue weighted by Crippen LogP contribution is -2.37. The molecule has 0 radical (unpaired) electrons. The van der Waals surface area contributed by atoms with Crippen molar-refractivity contribution in [2.24, 2.45) is 14.1 Å². The maximum atomic E-state index is 13.0. The molecule has 0 fully saturated rings. The van der Waals surface area contributed by atoms with Crippen molar-refractivity contribution in [2.45, 2.75) is 12.6 Å². The average molecular weight is 474 g/mol. The van der Waals surface area contributed by atoms with E-state index in [1.165, 1.54) is 11.6 Å². The van der Waals surface area contributed by atoms with Crippen molar-refractivity contribution in [3.8, 4) is 0 Å². The van der Waals surface area contributed by atoms with Crippen LogP contribution in [-0.4, -0.2) is 30.3 Å². The summed E-state index contributed by atoms with van der Waals surface area (Å²) in [6, 6.07) is 14.3. The van der Waals surface area contributed by atoms with Gasteiger partial charge < -0.3 is 10.4 Å². The predicted molar refractivity (Wildman–Crippen MR) is 126 cm³/mol. The Morgan fingerprint density at radius 3 is 2.47 bits per heavy atom. The van der Waals surface area contributed by atoms with E-state index in [1.807, 2.05) is 30.3 Å². The second kappa shape index (κ2) is 8.82. The minimum Gasteiger partial charge on any atom is -0.387 e. The van der Waals surface area contributed by atoms with Crippen LogP contribution in [0.4, 0.5) is 5.95 Å². The Kier molecular flexibility index (Phi) is 6.10. The van der Waals surface area contributed by atoms with Crippen molar-refractivity contribution >= 4 is 40.3 Å². The van der Waals surface area contributed by atoms with E-state index in [0.29, 0.717) is 16.0 Å². The van der Waals surface area contributed by atoms with Gasteiger partial charge in [0.1, 0.15) is 0 Å². The summed E-state index contributed by atoms with van der Waals surface area (Å²) in [5.41, 5.74) is 0.992. The molecule has 4 aromatic rings. The lowest BCUT2D eigenvalue weighted by molar-refractivity contribution is 0.191. The molecule has 2 N–H and O–H groups in total. The number of rotatable bonds is 6. The molecule has 2 aromatic carbocycles. The zero-order valence-electron chi connectivity index (χ0n) is 17.4. The molecule has 0 saturated heterocycles. The maximum absolute atomic E-state index is 13.0. The van der Waals surface area contributed by atoms with Crippen LogP contribution in [0.1, 0.15) is 17.2 Å². The molecule has 0 amide bonds. The van der Waals surface area contributed by atoms with Crippen LogP contribution in [0.3, 0.4) is 0 Å². The Labute approximate surface area is 193 Å². The largest absolute Gasteiger partial charge is 0.387 e. The molecule has 0 unspecified atom stereocenters. The van der Waals surface area contributed by atoms with Gasteiger partial charge in [0.15, 0.2) is 11.2 Å². The molecule has 0 saturated carbocycles.